The van der Waals surface area contributed by atoms with Crippen molar-refractivity contribution in [2.24, 2.45) is 17.8 Å². The van der Waals surface area contributed by atoms with E-state index in [-0.39, 0.29) is 36.0 Å². The molecule has 3 heterocycles. The molecule has 1 aromatic heterocycles. The van der Waals surface area contributed by atoms with Crippen LogP contribution in [0.2, 0.25) is 0 Å². The summed E-state index contributed by atoms with van der Waals surface area (Å²) in [5.74, 6) is 0.311. The molecule has 2 fully saturated rings. The molecule has 1 saturated heterocycles. The van der Waals surface area contributed by atoms with E-state index in [4.69, 9.17) is 0 Å². The molecule has 1 amide bonds. The summed E-state index contributed by atoms with van der Waals surface area (Å²) < 4.78 is 1.88. The minimum absolute atomic E-state index is 0.0165. The summed E-state index contributed by atoms with van der Waals surface area (Å²) in [5, 5.41) is 13.5. The number of allylic oxidation sites excluding steroid dienone is 1. The summed E-state index contributed by atoms with van der Waals surface area (Å²) in [6.45, 7) is 3.22. The zero-order chi connectivity index (χ0) is 22.9. The van der Waals surface area contributed by atoms with Crippen molar-refractivity contribution in [3.05, 3.63) is 70.2 Å². The van der Waals surface area contributed by atoms with Gasteiger partial charge in [-0.2, -0.15) is 0 Å². The van der Waals surface area contributed by atoms with Crippen molar-refractivity contribution in [3.63, 3.8) is 0 Å². The fourth-order valence-electron chi connectivity index (χ4n) is 6.37. The van der Waals surface area contributed by atoms with Gasteiger partial charge in [0.25, 0.3) is 5.56 Å². The van der Waals surface area contributed by atoms with E-state index in [0.29, 0.717) is 18.0 Å². The molecule has 0 radical (unpaired) electrons. The molecular weight excluding hydrogens is 414 g/mol. The number of para-hydroxylation sites is 1. The third kappa shape index (κ3) is 3.96. The Bertz CT molecular complexity index is 1090. The lowest BCUT2D eigenvalue weighted by atomic mass is 9.88. The summed E-state index contributed by atoms with van der Waals surface area (Å²) in [6, 6.07) is 13.0. The van der Waals surface area contributed by atoms with Crippen molar-refractivity contribution in [1.82, 2.24) is 9.47 Å². The lowest BCUT2D eigenvalue weighted by Gasteiger charge is -2.32. The molecule has 1 saturated carbocycles. The SMILES string of the molecule is CC=Cc1ccc2n(c1=O)C[C@H]1[C@H](CO)[C@@H](C(=O)Nc3ccccc3)N(CC3CCCC3)[C@@H]21. The van der Waals surface area contributed by atoms with Crippen LogP contribution in [0.3, 0.4) is 0 Å². The Kier molecular flexibility index (Phi) is 6.21. The first-order valence-electron chi connectivity index (χ1n) is 12.2. The number of aromatic nitrogens is 1. The molecule has 1 aliphatic carbocycles. The van der Waals surface area contributed by atoms with Crippen molar-refractivity contribution in [2.45, 2.75) is 51.2 Å². The van der Waals surface area contributed by atoms with Crippen LogP contribution in [-0.4, -0.2) is 39.7 Å². The average Bonchev–Trinajstić information content (AvgIpc) is 3.53. The largest absolute Gasteiger partial charge is 0.396 e. The van der Waals surface area contributed by atoms with Gasteiger partial charge >= 0.3 is 0 Å². The average molecular weight is 448 g/mol. The summed E-state index contributed by atoms with van der Waals surface area (Å²) in [4.78, 5) is 29.0. The van der Waals surface area contributed by atoms with E-state index in [1.54, 1.807) is 0 Å². The Morgan fingerprint density at radius 1 is 1.15 bits per heavy atom. The number of fused-ring (bicyclic) bond motifs is 3. The predicted molar refractivity (Wildman–Crippen MR) is 130 cm³/mol. The number of amides is 1. The zero-order valence-corrected chi connectivity index (χ0v) is 19.2. The minimum Gasteiger partial charge on any atom is -0.396 e. The monoisotopic (exact) mass is 447 g/mol. The second-order valence-corrected chi connectivity index (χ2v) is 9.73. The van der Waals surface area contributed by atoms with Gasteiger partial charge in [0.15, 0.2) is 0 Å². The molecule has 174 valence electrons. The van der Waals surface area contributed by atoms with E-state index >= 15 is 0 Å². The second-order valence-electron chi connectivity index (χ2n) is 9.73. The van der Waals surface area contributed by atoms with Gasteiger partial charge in [0.1, 0.15) is 0 Å². The molecule has 5 rings (SSSR count). The van der Waals surface area contributed by atoms with Crippen LogP contribution in [0.4, 0.5) is 5.69 Å². The Morgan fingerprint density at radius 2 is 1.91 bits per heavy atom. The van der Waals surface area contributed by atoms with Gasteiger partial charge in [-0.15, -0.1) is 0 Å². The maximum atomic E-state index is 13.6. The van der Waals surface area contributed by atoms with E-state index in [0.717, 1.165) is 17.9 Å². The highest BCUT2D eigenvalue weighted by Gasteiger charge is 2.55. The fourth-order valence-corrected chi connectivity index (χ4v) is 6.37. The summed E-state index contributed by atoms with van der Waals surface area (Å²) in [6.07, 6.45) is 8.56. The molecule has 3 aliphatic rings. The highest BCUT2D eigenvalue weighted by Crippen LogP contribution is 2.50. The normalized spacial score (nSPS) is 27.2. The maximum absolute atomic E-state index is 13.6. The predicted octanol–water partition coefficient (Wildman–Crippen LogP) is 3.67. The van der Waals surface area contributed by atoms with Gasteiger partial charge in [-0.3, -0.25) is 14.5 Å². The van der Waals surface area contributed by atoms with E-state index in [9.17, 15) is 14.7 Å². The van der Waals surface area contributed by atoms with Crippen molar-refractivity contribution in [2.75, 3.05) is 18.5 Å². The third-order valence-electron chi connectivity index (χ3n) is 7.82. The van der Waals surface area contributed by atoms with Crippen molar-refractivity contribution in [1.29, 1.82) is 0 Å². The fraction of sp³-hybridized carbons (Fsp3) is 0.481. The first-order chi connectivity index (χ1) is 16.1. The molecule has 33 heavy (non-hydrogen) atoms. The van der Waals surface area contributed by atoms with Crippen LogP contribution in [0, 0.1) is 17.8 Å². The lowest BCUT2D eigenvalue weighted by molar-refractivity contribution is -0.122. The Balaban J connectivity index is 1.52. The van der Waals surface area contributed by atoms with Crippen LogP contribution >= 0.6 is 0 Å². The number of rotatable bonds is 6. The molecule has 0 unspecified atom stereocenters. The number of aliphatic hydroxyl groups is 1. The molecule has 0 spiro atoms. The van der Waals surface area contributed by atoms with Crippen LogP contribution in [0.1, 0.15) is 49.9 Å². The number of likely N-dealkylation sites (tertiary alicyclic amines) is 1. The zero-order valence-electron chi connectivity index (χ0n) is 19.2. The number of nitrogens with zero attached hydrogens (tertiary/aromatic N) is 2. The van der Waals surface area contributed by atoms with Gasteiger partial charge in [-0.25, -0.2) is 0 Å². The van der Waals surface area contributed by atoms with Crippen LogP contribution < -0.4 is 10.9 Å². The van der Waals surface area contributed by atoms with Gasteiger partial charge < -0.3 is 15.0 Å². The van der Waals surface area contributed by atoms with E-state index in [1.165, 1.54) is 25.7 Å². The second kappa shape index (κ2) is 9.27. The first kappa shape index (κ1) is 22.1. The molecule has 4 atom stereocenters. The number of pyridine rings is 1. The van der Waals surface area contributed by atoms with Gasteiger partial charge in [0, 0.05) is 48.5 Å². The molecule has 6 heteroatoms. The Labute approximate surface area is 194 Å². The molecule has 1 aromatic carbocycles. The first-order valence-corrected chi connectivity index (χ1v) is 12.2. The number of hydrogen-bond acceptors (Lipinski definition) is 4. The summed E-state index contributed by atoms with van der Waals surface area (Å²) in [7, 11) is 0. The molecule has 6 nitrogen and oxygen atoms in total. The number of aliphatic hydroxyl groups excluding tert-OH is 1. The van der Waals surface area contributed by atoms with Crippen molar-refractivity contribution >= 4 is 17.7 Å². The lowest BCUT2D eigenvalue weighted by Crippen LogP contribution is -2.47. The highest BCUT2D eigenvalue weighted by molar-refractivity contribution is 5.95. The molecule has 0 bridgehead atoms. The number of carbonyl (C=O) groups is 1. The van der Waals surface area contributed by atoms with Crippen LogP contribution in [-0.2, 0) is 11.3 Å². The topological polar surface area (TPSA) is 74.6 Å². The van der Waals surface area contributed by atoms with E-state index in [1.807, 2.05) is 60.0 Å². The van der Waals surface area contributed by atoms with Gasteiger partial charge in [-0.1, -0.05) is 43.2 Å². The number of nitrogens with one attached hydrogen (secondary N) is 1. The van der Waals surface area contributed by atoms with Crippen LogP contribution in [0.5, 0.6) is 0 Å². The minimum atomic E-state index is -0.412. The van der Waals surface area contributed by atoms with Crippen LogP contribution in [0.15, 0.2) is 53.3 Å². The summed E-state index contributed by atoms with van der Waals surface area (Å²) in [5.41, 5.74) is 2.44. The van der Waals surface area contributed by atoms with E-state index < -0.39 is 6.04 Å². The highest BCUT2D eigenvalue weighted by atomic mass is 16.3. The number of anilines is 1. The number of benzene rings is 1. The van der Waals surface area contributed by atoms with Gasteiger partial charge in [0.05, 0.1) is 12.1 Å². The smallest absolute Gasteiger partial charge is 0.258 e. The number of carbonyl (C=O) groups excluding carboxylic acids is 1. The maximum Gasteiger partial charge on any atom is 0.258 e. The standard InChI is InChI=1S/C27H33N3O3/c1-2-8-19-13-14-23-24-21(16-29(23)27(19)33)22(17-31)25(30(24)15-18-9-6-7-10-18)26(32)28-20-11-4-3-5-12-20/h2-5,8,11-14,18,21-22,24-25,31H,6-7,9-10,15-17H2,1H3,(H,28,32)/t21-,22-,24+,25-/m0/s1. The van der Waals surface area contributed by atoms with Crippen molar-refractivity contribution < 1.29 is 9.90 Å². The van der Waals surface area contributed by atoms with Gasteiger partial charge in [-0.05, 0) is 49.9 Å². The molecule has 2 aromatic rings. The van der Waals surface area contributed by atoms with Crippen LogP contribution in [0.25, 0.3) is 6.08 Å². The third-order valence-corrected chi connectivity index (χ3v) is 7.82. The summed E-state index contributed by atoms with van der Waals surface area (Å²) >= 11 is 0. The van der Waals surface area contributed by atoms with E-state index in [2.05, 4.69) is 16.3 Å². The van der Waals surface area contributed by atoms with Gasteiger partial charge in [0.2, 0.25) is 5.91 Å². The number of hydrogen-bond donors (Lipinski definition) is 2. The Morgan fingerprint density at radius 3 is 2.61 bits per heavy atom. The molecule has 2 aliphatic heterocycles. The Hall–Kier alpha value is -2.70. The molecule has 2 N–H and O–H groups in total. The molecular formula is C27H33N3O3. The quantitative estimate of drug-likeness (QED) is 0.709. The van der Waals surface area contributed by atoms with Crippen molar-refractivity contribution in [3.8, 4) is 0 Å².